The molecule has 1 aromatic rings. The van der Waals surface area contributed by atoms with Crippen molar-refractivity contribution in [3.63, 3.8) is 0 Å². The first-order valence-corrected chi connectivity index (χ1v) is 6.61. The van der Waals surface area contributed by atoms with Crippen LogP contribution in [0.4, 0.5) is 0 Å². The second-order valence-electron chi connectivity index (χ2n) is 5.94. The molecule has 1 aliphatic rings. The van der Waals surface area contributed by atoms with Crippen molar-refractivity contribution in [3.05, 3.63) is 11.7 Å². The van der Waals surface area contributed by atoms with Crippen LogP contribution in [0.15, 0.2) is 4.52 Å². The van der Waals surface area contributed by atoms with Gasteiger partial charge in [0.2, 0.25) is 5.89 Å². The molecular weight excluding hydrogens is 214 g/mol. The topological polar surface area (TPSA) is 64.9 Å². The fraction of sp³-hybridized carbons (Fsp3) is 0.846. The summed E-state index contributed by atoms with van der Waals surface area (Å²) < 4.78 is 5.24. The summed E-state index contributed by atoms with van der Waals surface area (Å²) in [5, 5.41) is 4.09. The summed E-state index contributed by atoms with van der Waals surface area (Å²) in [6.45, 7) is 6.69. The lowest BCUT2D eigenvalue weighted by atomic mass is 9.73. The van der Waals surface area contributed by atoms with Gasteiger partial charge in [-0.3, -0.25) is 0 Å². The minimum absolute atomic E-state index is 0.115. The van der Waals surface area contributed by atoms with E-state index in [4.69, 9.17) is 10.3 Å². The molecule has 0 amide bonds. The molecule has 2 N–H and O–H groups in total. The number of hydrogen-bond acceptors (Lipinski definition) is 4. The molecule has 0 saturated heterocycles. The van der Waals surface area contributed by atoms with Crippen LogP contribution in [0.25, 0.3) is 0 Å². The molecule has 0 aliphatic heterocycles. The summed E-state index contributed by atoms with van der Waals surface area (Å²) in [6.07, 6.45) is 5.63. The maximum absolute atomic E-state index is 5.88. The van der Waals surface area contributed by atoms with Gasteiger partial charge in [-0.25, -0.2) is 0 Å². The van der Waals surface area contributed by atoms with E-state index in [9.17, 15) is 0 Å². The van der Waals surface area contributed by atoms with Crippen LogP contribution in [-0.2, 0) is 0 Å². The van der Waals surface area contributed by atoms with Crippen molar-refractivity contribution in [1.29, 1.82) is 0 Å². The first-order chi connectivity index (χ1) is 8.02. The van der Waals surface area contributed by atoms with E-state index < -0.39 is 0 Å². The highest BCUT2D eigenvalue weighted by Crippen LogP contribution is 2.41. The zero-order valence-corrected chi connectivity index (χ0v) is 11.1. The maximum atomic E-state index is 5.88. The summed E-state index contributed by atoms with van der Waals surface area (Å²) in [7, 11) is 0. The van der Waals surface area contributed by atoms with E-state index in [2.05, 4.69) is 24.0 Å². The molecule has 2 rings (SSSR count). The molecule has 1 fully saturated rings. The predicted molar refractivity (Wildman–Crippen MR) is 66.5 cm³/mol. The molecule has 0 spiro atoms. The molecule has 4 nitrogen and oxygen atoms in total. The van der Waals surface area contributed by atoms with Crippen LogP contribution in [0.1, 0.15) is 76.6 Å². The van der Waals surface area contributed by atoms with Gasteiger partial charge in [-0.1, -0.05) is 25.9 Å². The van der Waals surface area contributed by atoms with Gasteiger partial charge in [-0.05, 0) is 37.5 Å². The normalized spacial score (nSPS) is 22.6. The van der Waals surface area contributed by atoms with Crippen LogP contribution < -0.4 is 5.73 Å². The van der Waals surface area contributed by atoms with Gasteiger partial charge in [-0.2, -0.15) is 4.98 Å². The van der Waals surface area contributed by atoms with Gasteiger partial charge in [-0.15, -0.1) is 0 Å². The molecule has 1 saturated carbocycles. The molecule has 1 unspecified atom stereocenters. The fourth-order valence-electron chi connectivity index (χ4n) is 2.40. The molecule has 0 radical (unpaired) electrons. The molecule has 4 heteroatoms. The third kappa shape index (κ3) is 2.86. The first-order valence-electron chi connectivity index (χ1n) is 6.61. The zero-order chi connectivity index (χ0) is 12.5. The summed E-state index contributed by atoms with van der Waals surface area (Å²) in [5.41, 5.74) is 6.36. The lowest BCUT2D eigenvalue weighted by Gasteiger charge is -2.32. The van der Waals surface area contributed by atoms with Crippen LogP contribution in [0.2, 0.25) is 0 Å². The number of rotatable bonds is 3. The Labute approximate surface area is 103 Å². The van der Waals surface area contributed by atoms with Crippen molar-refractivity contribution < 1.29 is 4.52 Å². The Balaban J connectivity index is 2.01. The molecule has 0 bridgehead atoms. The molecule has 1 atom stereocenters. The van der Waals surface area contributed by atoms with Crippen LogP contribution >= 0.6 is 0 Å². The van der Waals surface area contributed by atoms with Gasteiger partial charge in [0.05, 0.1) is 6.04 Å². The number of hydrogen-bond donors (Lipinski definition) is 1. The Morgan fingerprint density at radius 2 is 2.06 bits per heavy atom. The van der Waals surface area contributed by atoms with Gasteiger partial charge in [0, 0.05) is 5.92 Å². The second-order valence-corrected chi connectivity index (χ2v) is 5.94. The average molecular weight is 237 g/mol. The molecule has 1 aliphatic carbocycles. The monoisotopic (exact) mass is 237 g/mol. The molecular formula is C13H23N3O. The lowest BCUT2D eigenvalue weighted by Crippen LogP contribution is -2.20. The van der Waals surface area contributed by atoms with Gasteiger partial charge >= 0.3 is 0 Å². The van der Waals surface area contributed by atoms with E-state index in [-0.39, 0.29) is 6.04 Å². The Morgan fingerprint density at radius 3 is 2.65 bits per heavy atom. The van der Waals surface area contributed by atoms with Crippen LogP contribution in [0, 0.1) is 5.41 Å². The van der Waals surface area contributed by atoms with Crippen molar-refractivity contribution in [2.45, 2.75) is 64.8 Å². The van der Waals surface area contributed by atoms with Crippen LogP contribution in [-0.4, -0.2) is 10.1 Å². The molecule has 0 aromatic carbocycles. The van der Waals surface area contributed by atoms with E-state index in [1.807, 2.05) is 6.92 Å². The van der Waals surface area contributed by atoms with E-state index in [1.165, 1.54) is 12.8 Å². The van der Waals surface area contributed by atoms with Gasteiger partial charge in [0.15, 0.2) is 5.82 Å². The van der Waals surface area contributed by atoms with Gasteiger partial charge < -0.3 is 10.3 Å². The Morgan fingerprint density at radius 1 is 1.41 bits per heavy atom. The highest BCUT2D eigenvalue weighted by molar-refractivity contribution is 5.00. The van der Waals surface area contributed by atoms with E-state index in [1.54, 1.807) is 0 Å². The third-order valence-electron chi connectivity index (χ3n) is 3.92. The third-order valence-corrected chi connectivity index (χ3v) is 3.92. The van der Waals surface area contributed by atoms with Gasteiger partial charge in [0.1, 0.15) is 0 Å². The number of nitrogens with two attached hydrogens (primary N) is 1. The Bertz CT molecular complexity index is 362. The quantitative estimate of drug-likeness (QED) is 0.877. The standard InChI is InChI=1S/C13H23N3O/c1-4-10(14)12-15-11(16-17-12)9-5-7-13(2,3)8-6-9/h9-10H,4-8,14H2,1-3H3. The van der Waals surface area contributed by atoms with Crippen molar-refractivity contribution >= 4 is 0 Å². The summed E-state index contributed by atoms with van der Waals surface area (Å²) >= 11 is 0. The van der Waals surface area contributed by atoms with Crippen LogP contribution in [0.3, 0.4) is 0 Å². The Hall–Kier alpha value is -0.900. The molecule has 17 heavy (non-hydrogen) atoms. The zero-order valence-electron chi connectivity index (χ0n) is 11.1. The van der Waals surface area contributed by atoms with Gasteiger partial charge in [0.25, 0.3) is 0 Å². The average Bonchev–Trinajstić information content (AvgIpc) is 2.77. The molecule has 1 aromatic heterocycles. The minimum Gasteiger partial charge on any atom is -0.338 e. The van der Waals surface area contributed by atoms with Crippen molar-refractivity contribution in [1.82, 2.24) is 10.1 Å². The second kappa shape index (κ2) is 4.77. The molecule has 96 valence electrons. The van der Waals surface area contributed by atoms with Crippen LogP contribution in [0.5, 0.6) is 0 Å². The fourth-order valence-corrected chi connectivity index (χ4v) is 2.40. The summed E-state index contributed by atoms with van der Waals surface area (Å²) in [6, 6.07) is -0.115. The lowest BCUT2D eigenvalue weighted by molar-refractivity contribution is 0.218. The molecule has 1 heterocycles. The summed E-state index contributed by atoms with van der Waals surface area (Å²) in [4.78, 5) is 4.45. The Kier molecular flexibility index (Phi) is 3.52. The van der Waals surface area contributed by atoms with E-state index >= 15 is 0 Å². The van der Waals surface area contributed by atoms with E-state index in [0.717, 1.165) is 25.1 Å². The van der Waals surface area contributed by atoms with Crippen molar-refractivity contribution in [3.8, 4) is 0 Å². The maximum Gasteiger partial charge on any atom is 0.243 e. The van der Waals surface area contributed by atoms with Crippen molar-refractivity contribution in [2.75, 3.05) is 0 Å². The highest BCUT2D eigenvalue weighted by atomic mass is 16.5. The summed E-state index contributed by atoms with van der Waals surface area (Å²) in [5.74, 6) is 1.91. The minimum atomic E-state index is -0.115. The SMILES string of the molecule is CCC(N)c1nc(C2CCC(C)(C)CC2)no1. The largest absolute Gasteiger partial charge is 0.338 e. The first kappa shape index (κ1) is 12.6. The van der Waals surface area contributed by atoms with E-state index in [0.29, 0.717) is 17.2 Å². The smallest absolute Gasteiger partial charge is 0.243 e. The number of aromatic nitrogens is 2. The predicted octanol–water partition coefficient (Wildman–Crippen LogP) is 3.16. The highest BCUT2D eigenvalue weighted by Gasteiger charge is 2.30. The number of nitrogens with zero attached hydrogens (tertiary/aromatic N) is 2. The van der Waals surface area contributed by atoms with Crippen molar-refractivity contribution in [2.24, 2.45) is 11.1 Å².